The highest BCUT2D eigenvalue weighted by atomic mass is 35.5. The Kier molecular flexibility index (Phi) is 2.87. The molecule has 1 N–H and O–H groups in total. The van der Waals surface area contributed by atoms with E-state index in [0.29, 0.717) is 16.4 Å². The van der Waals surface area contributed by atoms with Gasteiger partial charge in [-0.05, 0) is 12.1 Å². The van der Waals surface area contributed by atoms with E-state index in [1.807, 2.05) is 0 Å². The van der Waals surface area contributed by atoms with E-state index in [-0.39, 0.29) is 5.91 Å². The van der Waals surface area contributed by atoms with Crippen LogP contribution in [0.5, 0.6) is 0 Å². The van der Waals surface area contributed by atoms with Gasteiger partial charge in [-0.1, -0.05) is 11.6 Å². The van der Waals surface area contributed by atoms with Gasteiger partial charge in [0.2, 0.25) is 0 Å². The minimum atomic E-state index is -0.284. The summed E-state index contributed by atoms with van der Waals surface area (Å²) in [6.07, 6.45) is 4.66. The molecular weight excluding hydrogens is 228 g/mol. The molecule has 6 heteroatoms. The summed E-state index contributed by atoms with van der Waals surface area (Å²) in [6, 6.07) is 3.36. The lowest BCUT2D eigenvalue weighted by Gasteiger charge is -2.03. The van der Waals surface area contributed by atoms with Crippen molar-refractivity contribution in [3.8, 4) is 0 Å². The fourth-order valence-corrected chi connectivity index (χ4v) is 1.36. The van der Waals surface area contributed by atoms with Crippen LogP contribution in [0.1, 0.15) is 10.4 Å². The zero-order valence-electron chi connectivity index (χ0n) is 8.51. The maximum atomic E-state index is 11.7. The highest BCUT2D eigenvalue weighted by molar-refractivity contribution is 6.33. The molecule has 5 nitrogen and oxygen atoms in total. The summed E-state index contributed by atoms with van der Waals surface area (Å²) >= 11 is 5.86. The van der Waals surface area contributed by atoms with Gasteiger partial charge in [-0.3, -0.25) is 9.48 Å². The summed E-state index contributed by atoms with van der Waals surface area (Å²) in [7, 11) is 1.74. The van der Waals surface area contributed by atoms with Crippen molar-refractivity contribution in [1.82, 2.24) is 14.8 Å². The first kappa shape index (κ1) is 10.6. The van der Waals surface area contributed by atoms with Crippen molar-refractivity contribution < 1.29 is 4.79 Å². The molecule has 2 heterocycles. The average molecular weight is 237 g/mol. The van der Waals surface area contributed by atoms with Gasteiger partial charge in [0, 0.05) is 19.4 Å². The summed E-state index contributed by atoms with van der Waals surface area (Å²) in [6.45, 7) is 0. The van der Waals surface area contributed by atoms with E-state index in [1.165, 1.54) is 6.20 Å². The van der Waals surface area contributed by atoms with Gasteiger partial charge in [0.25, 0.3) is 5.91 Å². The molecule has 0 saturated carbocycles. The van der Waals surface area contributed by atoms with Crippen LogP contribution in [0.15, 0.2) is 30.7 Å². The molecule has 0 atom stereocenters. The minimum Gasteiger partial charge on any atom is -0.305 e. The number of anilines is 1. The zero-order chi connectivity index (χ0) is 11.5. The predicted molar refractivity (Wildman–Crippen MR) is 60.4 cm³/mol. The third-order valence-corrected chi connectivity index (χ3v) is 2.26. The molecule has 16 heavy (non-hydrogen) atoms. The Bertz CT molecular complexity index is 523. The molecular formula is C10H9ClN4O. The lowest BCUT2D eigenvalue weighted by Crippen LogP contribution is -2.12. The topological polar surface area (TPSA) is 59.8 Å². The number of rotatable bonds is 2. The van der Waals surface area contributed by atoms with Crippen LogP contribution >= 0.6 is 11.6 Å². The molecule has 2 aromatic heterocycles. The molecule has 0 radical (unpaired) electrons. The fraction of sp³-hybridized carbons (Fsp3) is 0.100. The van der Waals surface area contributed by atoms with Crippen molar-refractivity contribution in [3.05, 3.63) is 41.3 Å². The molecule has 0 unspecified atom stereocenters. The smallest absolute Gasteiger partial charge is 0.260 e. The van der Waals surface area contributed by atoms with Crippen molar-refractivity contribution in [2.45, 2.75) is 0 Å². The Morgan fingerprint density at radius 3 is 3.00 bits per heavy atom. The van der Waals surface area contributed by atoms with Crippen LogP contribution in [0, 0.1) is 0 Å². The van der Waals surface area contributed by atoms with Crippen molar-refractivity contribution in [1.29, 1.82) is 0 Å². The van der Waals surface area contributed by atoms with Crippen LogP contribution < -0.4 is 5.32 Å². The van der Waals surface area contributed by atoms with Gasteiger partial charge >= 0.3 is 0 Å². The number of aromatic nitrogens is 3. The highest BCUT2D eigenvalue weighted by Crippen LogP contribution is 2.17. The van der Waals surface area contributed by atoms with Crippen LogP contribution in [0.2, 0.25) is 5.02 Å². The lowest BCUT2D eigenvalue weighted by atomic mass is 10.3. The molecule has 0 aliphatic rings. The van der Waals surface area contributed by atoms with Crippen LogP contribution in [0.25, 0.3) is 0 Å². The zero-order valence-corrected chi connectivity index (χ0v) is 9.27. The fourth-order valence-electron chi connectivity index (χ4n) is 1.20. The van der Waals surface area contributed by atoms with E-state index < -0.39 is 0 Å². The van der Waals surface area contributed by atoms with E-state index in [9.17, 15) is 4.79 Å². The molecule has 0 aromatic carbocycles. The summed E-state index contributed by atoms with van der Waals surface area (Å²) < 4.78 is 1.55. The SMILES string of the molecule is Cn1cc(C(=O)Nc2ncccc2Cl)cn1. The van der Waals surface area contributed by atoms with Crippen LogP contribution in [0.3, 0.4) is 0 Å². The number of hydrogen-bond donors (Lipinski definition) is 1. The van der Waals surface area contributed by atoms with E-state index >= 15 is 0 Å². The number of halogens is 1. The number of nitrogens with zero attached hydrogens (tertiary/aromatic N) is 3. The molecule has 0 fully saturated rings. The Morgan fingerprint density at radius 1 is 1.56 bits per heavy atom. The number of carbonyl (C=O) groups is 1. The summed E-state index contributed by atoms with van der Waals surface area (Å²) in [5.41, 5.74) is 0.462. The van der Waals surface area contributed by atoms with Crippen molar-refractivity contribution in [3.63, 3.8) is 0 Å². The number of nitrogens with one attached hydrogen (secondary N) is 1. The normalized spacial score (nSPS) is 10.1. The molecule has 2 aromatic rings. The minimum absolute atomic E-state index is 0.284. The van der Waals surface area contributed by atoms with E-state index in [4.69, 9.17) is 11.6 Å². The quantitative estimate of drug-likeness (QED) is 0.864. The van der Waals surface area contributed by atoms with Gasteiger partial charge in [-0.15, -0.1) is 0 Å². The molecule has 82 valence electrons. The van der Waals surface area contributed by atoms with Gasteiger partial charge in [-0.2, -0.15) is 5.10 Å². The Hall–Kier alpha value is -1.88. The van der Waals surface area contributed by atoms with Gasteiger partial charge in [0.1, 0.15) is 0 Å². The van der Waals surface area contributed by atoms with Crippen LogP contribution in [-0.4, -0.2) is 20.7 Å². The Balaban J connectivity index is 2.17. The molecule has 2 rings (SSSR count). The molecule has 1 amide bonds. The third-order valence-electron chi connectivity index (χ3n) is 1.96. The second kappa shape index (κ2) is 4.32. The van der Waals surface area contributed by atoms with E-state index in [2.05, 4.69) is 15.4 Å². The van der Waals surface area contributed by atoms with Gasteiger partial charge in [-0.25, -0.2) is 4.98 Å². The summed E-state index contributed by atoms with van der Waals surface area (Å²) in [5, 5.41) is 6.91. The van der Waals surface area contributed by atoms with Crippen LogP contribution in [0.4, 0.5) is 5.82 Å². The largest absolute Gasteiger partial charge is 0.305 e. The van der Waals surface area contributed by atoms with Crippen LogP contribution in [-0.2, 0) is 7.05 Å². The Morgan fingerprint density at radius 2 is 2.38 bits per heavy atom. The maximum Gasteiger partial charge on any atom is 0.260 e. The van der Waals surface area contributed by atoms with Gasteiger partial charge in [0.05, 0.1) is 16.8 Å². The van der Waals surface area contributed by atoms with Crippen molar-refractivity contribution >= 4 is 23.3 Å². The summed E-state index contributed by atoms with van der Waals surface area (Å²) in [5.74, 6) is 0.0618. The molecule has 0 bridgehead atoms. The lowest BCUT2D eigenvalue weighted by molar-refractivity contribution is 0.102. The van der Waals surface area contributed by atoms with E-state index in [0.717, 1.165) is 0 Å². The first-order valence-corrected chi connectivity index (χ1v) is 4.95. The molecule has 0 aliphatic heterocycles. The summed E-state index contributed by atoms with van der Waals surface area (Å²) in [4.78, 5) is 15.7. The molecule has 0 spiro atoms. The van der Waals surface area contributed by atoms with Gasteiger partial charge < -0.3 is 5.32 Å². The monoisotopic (exact) mass is 236 g/mol. The van der Waals surface area contributed by atoms with Crippen molar-refractivity contribution in [2.75, 3.05) is 5.32 Å². The Labute approximate surface area is 97.1 Å². The predicted octanol–water partition coefficient (Wildman–Crippen LogP) is 1.72. The molecule has 0 aliphatic carbocycles. The average Bonchev–Trinajstić information content (AvgIpc) is 2.68. The number of hydrogen-bond acceptors (Lipinski definition) is 3. The number of carbonyl (C=O) groups excluding carboxylic acids is 1. The molecule has 0 saturated heterocycles. The van der Waals surface area contributed by atoms with Crippen molar-refractivity contribution in [2.24, 2.45) is 7.05 Å². The van der Waals surface area contributed by atoms with Gasteiger partial charge in [0.15, 0.2) is 5.82 Å². The number of pyridine rings is 1. The van der Waals surface area contributed by atoms with E-state index in [1.54, 1.807) is 36.3 Å². The third kappa shape index (κ3) is 2.20. The number of aryl methyl sites for hydroxylation is 1. The first-order chi connectivity index (χ1) is 7.66. The second-order valence-electron chi connectivity index (χ2n) is 3.19. The highest BCUT2D eigenvalue weighted by Gasteiger charge is 2.10. The number of amides is 1. The second-order valence-corrected chi connectivity index (χ2v) is 3.60. The maximum absolute atomic E-state index is 11.7. The first-order valence-electron chi connectivity index (χ1n) is 4.57. The standard InChI is InChI=1S/C10H9ClN4O/c1-15-6-7(5-13-15)10(16)14-9-8(11)3-2-4-12-9/h2-6H,1H3,(H,12,14,16).